The van der Waals surface area contributed by atoms with Crippen LogP contribution in [0.25, 0.3) is 11.4 Å². The smallest absolute Gasteiger partial charge is 0.230 e. The van der Waals surface area contributed by atoms with Crippen LogP contribution in [-0.2, 0) is 13.1 Å². The second-order valence-electron chi connectivity index (χ2n) is 12.9. The number of benzene rings is 1. The number of rotatable bonds is 29. The Morgan fingerprint density at radius 1 is 0.463 bits per heavy atom. The van der Waals surface area contributed by atoms with E-state index in [2.05, 4.69) is 65.7 Å². The summed E-state index contributed by atoms with van der Waals surface area (Å²) in [7, 11) is 0. The molecule has 2 heteroatoms. The maximum atomic E-state index is 2.52. The number of hydrogen-bond acceptors (Lipinski definition) is 0. The van der Waals surface area contributed by atoms with Crippen LogP contribution in [0.15, 0.2) is 42.7 Å². The molecule has 2 nitrogen and oxygen atoms in total. The summed E-state index contributed by atoms with van der Waals surface area (Å²) < 4.78 is 5.04. The zero-order valence-corrected chi connectivity index (χ0v) is 27.7. The van der Waals surface area contributed by atoms with Crippen LogP contribution in [-0.4, -0.2) is 4.57 Å². The summed E-state index contributed by atoms with van der Waals surface area (Å²) in [6.45, 7) is 6.90. The van der Waals surface area contributed by atoms with Crippen molar-refractivity contribution < 1.29 is 4.57 Å². The van der Waals surface area contributed by atoms with Gasteiger partial charge in [-0.3, -0.25) is 0 Å². The summed E-state index contributed by atoms with van der Waals surface area (Å²) in [5, 5.41) is 0. The quantitative estimate of drug-likeness (QED) is 0.0685. The molecule has 1 heterocycles. The van der Waals surface area contributed by atoms with Gasteiger partial charge in [-0.15, -0.1) is 0 Å². The number of hydrogen-bond donors (Lipinski definition) is 0. The van der Waals surface area contributed by atoms with Crippen molar-refractivity contribution in [2.24, 2.45) is 0 Å². The van der Waals surface area contributed by atoms with E-state index in [4.69, 9.17) is 0 Å². The first kappa shape index (κ1) is 35.6. The van der Waals surface area contributed by atoms with E-state index >= 15 is 0 Å². The van der Waals surface area contributed by atoms with Crippen molar-refractivity contribution in [1.29, 1.82) is 0 Å². The van der Waals surface area contributed by atoms with Gasteiger partial charge in [0.05, 0.1) is 18.7 Å². The Kier molecular flexibility index (Phi) is 22.7. The summed E-state index contributed by atoms with van der Waals surface area (Å²) in [6, 6.07) is 11.1. The molecule has 0 amide bonds. The second kappa shape index (κ2) is 26.1. The fraction of sp³-hybridized carbons (Fsp3) is 0.769. The minimum absolute atomic E-state index is 1.15. The normalized spacial score (nSPS) is 11.5. The molecule has 0 saturated carbocycles. The Morgan fingerprint density at radius 3 is 1.29 bits per heavy atom. The molecule has 0 aliphatic heterocycles. The monoisotopic (exact) mass is 566 g/mol. The lowest BCUT2D eigenvalue weighted by Gasteiger charge is -2.07. The minimum atomic E-state index is 1.15. The van der Waals surface area contributed by atoms with Gasteiger partial charge in [0.15, 0.2) is 0 Å². The topological polar surface area (TPSA) is 8.81 Å². The van der Waals surface area contributed by atoms with Gasteiger partial charge in [-0.05, 0) is 37.8 Å². The largest absolute Gasteiger partial charge is 0.288 e. The van der Waals surface area contributed by atoms with Crippen LogP contribution in [0.3, 0.4) is 0 Å². The summed E-state index contributed by atoms with van der Waals surface area (Å²) in [5.74, 6) is 1.41. The molecular weight excluding hydrogens is 496 g/mol. The van der Waals surface area contributed by atoms with Crippen molar-refractivity contribution in [1.82, 2.24) is 4.57 Å². The van der Waals surface area contributed by atoms with E-state index in [0.29, 0.717) is 0 Å². The molecule has 1 aromatic heterocycles. The number of imidazole rings is 1. The highest BCUT2D eigenvalue weighted by Crippen LogP contribution is 2.19. The van der Waals surface area contributed by atoms with Crippen LogP contribution >= 0.6 is 0 Å². The van der Waals surface area contributed by atoms with E-state index in [-0.39, 0.29) is 0 Å². The summed E-state index contributed by atoms with van der Waals surface area (Å²) in [5.41, 5.74) is 1.36. The summed E-state index contributed by atoms with van der Waals surface area (Å²) in [4.78, 5) is 0. The molecule has 2 aromatic rings. The molecule has 0 aliphatic carbocycles. The SMILES string of the molecule is CCCCCCCCCCCCCCCCCC[n+]1ccn(CCCCCCCCCCCC)c1-c1ccccc1. The number of unbranched alkanes of at least 4 members (excludes halogenated alkanes) is 24. The first-order valence-corrected chi connectivity index (χ1v) is 18.5. The fourth-order valence-electron chi connectivity index (χ4n) is 6.35. The minimum Gasteiger partial charge on any atom is -0.230 e. The molecule has 41 heavy (non-hydrogen) atoms. The highest BCUT2D eigenvalue weighted by molar-refractivity contribution is 5.52. The predicted octanol–water partition coefficient (Wildman–Crippen LogP) is 12.6. The predicted molar refractivity (Wildman–Crippen MR) is 181 cm³/mol. The molecule has 0 N–H and O–H groups in total. The molecule has 0 spiro atoms. The third-order valence-electron chi connectivity index (χ3n) is 9.01. The number of aryl methyl sites for hydroxylation is 2. The lowest BCUT2D eigenvalue weighted by molar-refractivity contribution is -0.686. The fourth-order valence-corrected chi connectivity index (χ4v) is 6.35. The Labute approximate surface area is 256 Å². The molecule has 234 valence electrons. The zero-order valence-electron chi connectivity index (χ0n) is 27.7. The highest BCUT2D eigenvalue weighted by Gasteiger charge is 2.18. The van der Waals surface area contributed by atoms with Gasteiger partial charge in [-0.2, -0.15) is 0 Å². The van der Waals surface area contributed by atoms with Gasteiger partial charge in [0, 0.05) is 0 Å². The lowest BCUT2D eigenvalue weighted by Crippen LogP contribution is -2.34. The van der Waals surface area contributed by atoms with Gasteiger partial charge in [0.1, 0.15) is 12.4 Å². The number of aromatic nitrogens is 2. The maximum Gasteiger partial charge on any atom is 0.288 e. The van der Waals surface area contributed by atoms with E-state index < -0.39 is 0 Å². The van der Waals surface area contributed by atoms with E-state index in [9.17, 15) is 0 Å². The zero-order chi connectivity index (χ0) is 29.1. The Balaban J connectivity index is 1.56. The van der Waals surface area contributed by atoms with Gasteiger partial charge >= 0.3 is 0 Å². The first-order chi connectivity index (χ1) is 20.4. The van der Waals surface area contributed by atoms with Crippen LogP contribution in [0, 0.1) is 0 Å². The van der Waals surface area contributed by atoms with Crippen molar-refractivity contribution in [3.8, 4) is 11.4 Å². The van der Waals surface area contributed by atoms with Gasteiger partial charge < -0.3 is 0 Å². The molecule has 1 aromatic carbocycles. The van der Waals surface area contributed by atoms with Crippen molar-refractivity contribution in [2.75, 3.05) is 0 Å². The van der Waals surface area contributed by atoms with E-state index in [1.165, 1.54) is 178 Å². The van der Waals surface area contributed by atoms with E-state index in [0.717, 1.165) is 13.1 Å². The Morgan fingerprint density at radius 2 is 0.854 bits per heavy atom. The lowest BCUT2D eigenvalue weighted by atomic mass is 10.0. The van der Waals surface area contributed by atoms with Crippen LogP contribution < -0.4 is 4.57 Å². The second-order valence-corrected chi connectivity index (χ2v) is 12.9. The third-order valence-corrected chi connectivity index (χ3v) is 9.01. The molecule has 0 fully saturated rings. The van der Waals surface area contributed by atoms with E-state index in [1.807, 2.05) is 0 Å². The Hall–Kier alpha value is -1.57. The average Bonchev–Trinajstić information content (AvgIpc) is 3.40. The van der Waals surface area contributed by atoms with Crippen LogP contribution in [0.2, 0.25) is 0 Å². The van der Waals surface area contributed by atoms with Crippen molar-refractivity contribution >= 4 is 0 Å². The first-order valence-electron chi connectivity index (χ1n) is 18.5. The molecule has 0 bridgehead atoms. The average molecular weight is 566 g/mol. The standard InChI is InChI=1S/C39H69N2/c1-3-5-7-9-11-13-15-16-17-18-19-20-22-24-26-31-35-41-37-36-40(39(41)38-32-28-27-29-33-38)34-30-25-23-21-14-12-10-8-6-4-2/h27-29,32-33,36-37H,3-26,30-31,34-35H2,1-2H3/q+1. The maximum absolute atomic E-state index is 2.52. The van der Waals surface area contributed by atoms with Gasteiger partial charge in [-0.25, -0.2) is 9.13 Å². The van der Waals surface area contributed by atoms with Gasteiger partial charge in [0.25, 0.3) is 5.82 Å². The summed E-state index contributed by atoms with van der Waals surface area (Å²) in [6.07, 6.45) is 41.5. The van der Waals surface area contributed by atoms with Crippen molar-refractivity contribution in [2.45, 2.75) is 194 Å². The van der Waals surface area contributed by atoms with Gasteiger partial charge in [0.2, 0.25) is 0 Å². The highest BCUT2D eigenvalue weighted by atomic mass is 15.1. The molecule has 0 radical (unpaired) electrons. The summed E-state index contributed by atoms with van der Waals surface area (Å²) >= 11 is 0. The molecule has 2 rings (SSSR count). The molecule has 0 saturated heterocycles. The van der Waals surface area contributed by atoms with Crippen LogP contribution in [0.1, 0.15) is 181 Å². The molecular formula is C39H69N2+. The molecule has 0 atom stereocenters. The Bertz CT molecular complexity index is 808. The van der Waals surface area contributed by atoms with Crippen molar-refractivity contribution in [3.63, 3.8) is 0 Å². The van der Waals surface area contributed by atoms with E-state index in [1.54, 1.807) is 0 Å². The number of nitrogens with zero attached hydrogens (tertiary/aromatic N) is 2. The molecule has 0 aliphatic rings. The third kappa shape index (κ3) is 17.9. The van der Waals surface area contributed by atoms with Crippen LogP contribution in [0.4, 0.5) is 0 Å². The van der Waals surface area contributed by atoms with Crippen LogP contribution in [0.5, 0.6) is 0 Å². The molecule has 0 unspecified atom stereocenters. The van der Waals surface area contributed by atoms with Crippen molar-refractivity contribution in [3.05, 3.63) is 42.7 Å². The van der Waals surface area contributed by atoms with Gasteiger partial charge in [-0.1, -0.05) is 173 Å².